The molecule has 1 aliphatic carbocycles. The molecule has 2 aromatic rings. The van der Waals surface area contributed by atoms with Crippen LogP contribution >= 0.6 is 11.6 Å². The fourth-order valence-electron chi connectivity index (χ4n) is 2.66. The van der Waals surface area contributed by atoms with Crippen molar-refractivity contribution in [3.05, 3.63) is 70.2 Å². The van der Waals surface area contributed by atoms with Gasteiger partial charge in [0.2, 0.25) is 0 Å². The fraction of sp³-hybridized carbons (Fsp3) is 0.278. The second kappa shape index (κ2) is 6.11. The van der Waals surface area contributed by atoms with Gasteiger partial charge in [0.05, 0.1) is 5.56 Å². The number of halogens is 1. The lowest BCUT2D eigenvalue weighted by Gasteiger charge is -2.18. The molecule has 22 heavy (non-hydrogen) atoms. The first kappa shape index (κ1) is 15.1. The predicted molar refractivity (Wildman–Crippen MR) is 87.4 cm³/mol. The molecule has 2 aromatic carbocycles. The van der Waals surface area contributed by atoms with Gasteiger partial charge in [-0.15, -0.1) is 0 Å². The van der Waals surface area contributed by atoms with E-state index in [0.717, 1.165) is 36.4 Å². The number of carboxylic acid groups (broad SMARTS) is 1. The molecular weight excluding hydrogens is 298 g/mol. The third kappa shape index (κ3) is 3.67. The lowest BCUT2D eigenvalue weighted by Crippen LogP contribution is -2.32. The summed E-state index contributed by atoms with van der Waals surface area (Å²) in [5.74, 6) is -0.890. The Hall–Kier alpha value is -1.84. The minimum Gasteiger partial charge on any atom is -0.478 e. The summed E-state index contributed by atoms with van der Waals surface area (Å²) in [7, 11) is 0. The molecule has 0 unspecified atom stereocenters. The highest BCUT2D eigenvalue weighted by Gasteiger charge is 2.41. The topological polar surface area (TPSA) is 49.3 Å². The summed E-state index contributed by atoms with van der Waals surface area (Å²) >= 11 is 6.04. The number of carboxylic acids is 1. The van der Waals surface area contributed by atoms with Crippen molar-refractivity contribution in [2.45, 2.75) is 31.3 Å². The second-order valence-corrected chi connectivity index (χ2v) is 6.38. The van der Waals surface area contributed by atoms with Crippen LogP contribution < -0.4 is 5.32 Å². The van der Waals surface area contributed by atoms with Crippen molar-refractivity contribution in [3.63, 3.8) is 0 Å². The van der Waals surface area contributed by atoms with Gasteiger partial charge in [0, 0.05) is 17.1 Å². The highest BCUT2D eigenvalue weighted by molar-refractivity contribution is 6.30. The summed E-state index contributed by atoms with van der Waals surface area (Å²) < 4.78 is 0. The van der Waals surface area contributed by atoms with Crippen molar-refractivity contribution in [3.8, 4) is 0 Å². The first-order valence-electron chi connectivity index (χ1n) is 7.38. The molecule has 0 radical (unpaired) electrons. The summed E-state index contributed by atoms with van der Waals surface area (Å²) in [6.45, 7) is 0.750. The maximum Gasteiger partial charge on any atom is 0.335 e. The van der Waals surface area contributed by atoms with E-state index < -0.39 is 5.97 Å². The van der Waals surface area contributed by atoms with Gasteiger partial charge in [-0.05, 0) is 54.7 Å². The molecule has 1 fully saturated rings. The maximum atomic E-state index is 10.8. The van der Waals surface area contributed by atoms with E-state index in [2.05, 4.69) is 11.4 Å². The average Bonchev–Trinajstić information content (AvgIpc) is 3.25. The van der Waals surface area contributed by atoms with Crippen LogP contribution in [0.1, 0.15) is 34.3 Å². The van der Waals surface area contributed by atoms with Crippen molar-refractivity contribution >= 4 is 17.6 Å². The van der Waals surface area contributed by atoms with Crippen molar-refractivity contribution in [1.82, 2.24) is 5.32 Å². The normalized spacial score (nSPS) is 15.5. The largest absolute Gasteiger partial charge is 0.478 e. The number of hydrogen-bond acceptors (Lipinski definition) is 2. The maximum absolute atomic E-state index is 10.8. The molecule has 0 aromatic heterocycles. The first-order chi connectivity index (χ1) is 10.6. The minimum absolute atomic E-state index is 0.163. The summed E-state index contributed by atoms with van der Waals surface area (Å²) in [6.07, 6.45) is 3.29. The van der Waals surface area contributed by atoms with Crippen LogP contribution in [0.3, 0.4) is 0 Å². The molecule has 1 saturated carbocycles. The summed E-state index contributed by atoms with van der Waals surface area (Å²) in [5.41, 5.74) is 2.83. The third-order valence-electron chi connectivity index (χ3n) is 4.15. The molecule has 2 N–H and O–H groups in total. The Labute approximate surface area is 134 Å². The molecule has 114 valence electrons. The van der Waals surface area contributed by atoms with Gasteiger partial charge in [0.25, 0.3) is 0 Å². The zero-order valence-electron chi connectivity index (χ0n) is 12.2. The molecule has 0 saturated heterocycles. The van der Waals surface area contributed by atoms with E-state index in [9.17, 15) is 4.79 Å². The molecular formula is C18H18ClNO2. The molecule has 0 heterocycles. The van der Waals surface area contributed by atoms with Crippen LogP contribution in [0.2, 0.25) is 5.02 Å². The Morgan fingerprint density at radius 3 is 2.45 bits per heavy atom. The van der Waals surface area contributed by atoms with Gasteiger partial charge in [0.15, 0.2) is 0 Å². The quantitative estimate of drug-likeness (QED) is 0.850. The van der Waals surface area contributed by atoms with Crippen LogP contribution in [0, 0.1) is 0 Å². The van der Waals surface area contributed by atoms with Gasteiger partial charge in [0.1, 0.15) is 0 Å². The van der Waals surface area contributed by atoms with E-state index in [-0.39, 0.29) is 5.54 Å². The highest BCUT2D eigenvalue weighted by atomic mass is 35.5. The number of hydrogen-bond donors (Lipinski definition) is 2. The summed E-state index contributed by atoms with van der Waals surface area (Å²) in [4.78, 5) is 10.8. The second-order valence-electron chi connectivity index (χ2n) is 5.94. The molecule has 0 bridgehead atoms. The van der Waals surface area contributed by atoms with Gasteiger partial charge >= 0.3 is 5.97 Å². The molecule has 0 atom stereocenters. The Morgan fingerprint density at radius 1 is 1.14 bits per heavy atom. The van der Waals surface area contributed by atoms with Crippen molar-refractivity contribution in [2.75, 3.05) is 0 Å². The standard InChI is InChI=1S/C18H18ClNO2/c19-16-3-1-2-14(10-16)11-18(8-9-18)20-12-13-4-6-15(7-5-13)17(21)22/h1-7,10,20H,8-9,11-12H2,(H,21,22). The lowest BCUT2D eigenvalue weighted by molar-refractivity contribution is 0.0697. The molecule has 1 aliphatic rings. The van der Waals surface area contributed by atoms with E-state index >= 15 is 0 Å². The smallest absolute Gasteiger partial charge is 0.335 e. The van der Waals surface area contributed by atoms with Crippen LogP contribution in [0.5, 0.6) is 0 Å². The van der Waals surface area contributed by atoms with Gasteiger partial charge < -0.3 is 10.4 Å². The van der Waals surface area contributed by atoms with Gasteiger partial charge in [-0.25, -0.2) is 4.79 Å². The van der Waals surface area contributed by atoms with Crippen molar-refractivity contribution in [2.24, 2.45) is 0 Å². The number of rotatable bonds is 6. The van der Waals surface area contributed by atoms with Gasteiger partial charge in [-0.3, -0.25) is 0 Å². The van der Waals surface area contributed by atoms with Crippen LogP contribution in [0.15, 0.2) is 48.5 Å². The number of carbonyl (C=O) groups is 1. The minimum atomic E-state index is -0.890. The van der Waals surface area contributed by atoms with Crippen LogP contribution in [0.4, 0.5) is 0 Å². The average molecular weight is 316 g/mol. The predicted octanol–water partition coefficient (Wildman–Crippen LogP) is 3.90. The SMILES string of the molecule is O=C(O)c1ccc(CNC2(Cc3cccc(Cl)c3)CC2)cc1. The lowest BCUT2D eigenvalue weighted by atomic mass is 10.0. The van der Waals surface area contributed by atoms with Gasteiger partial charge in [-0.1, -0.05) is 35.9 Å². The van der Waals surface area contributed by atoms with E-state index in [1.54, 1.807) is 12.1 Å². The van der Waals surface area contributed by atoms with Crippen LogP contribution in [0.25, 0.3) is 0 Å². The molecule has 4 heteroatoms. The van der Waals surface area contributed by atoms with E-state index in [0.29, 0.717) is 5.56 Å². The molecule has 3 nitrogen and oxygen atoms in total. The first-order valence-corrected chi connectivity index (χ1v) is 7.76. The third-order valence-corrected chi connectivity index (χ3v) is 4.39. The molecule has 0 aliphatic heterocycles. The van der Waals surface area contributed by atoms with Gasteiger partial charge in [-0.2, -0.15) is 0 Å². The Bertz CT molecular complexity index is 678. The fourth-order valence-corrected chi connectivity index (χ4v) is 2.87. The number of benzene rings is 2. The monoisotopic (exact) mass is 315 g/mol. The summed E-state index contributed by atoms with van der Waals surface area (Å²) in [5, 5.41) is 13.3. The summed E-state index contributed by atoms with van der Waals surface area (Å²) in [6, 6.07) is 15.0. The highest BCUT2D eigenvalue weighted by Crippen LogP contribution is 2.39. The zero-order valence-corrected chi connectivity index (χ0v) is 12.9. The van der Waals surface area contributed by atoms with E-state index in [1.165, 1.54) is 5.56 Å². The van der Waals surface area contributed by atoms with Crippen molar-refractivity contribution < 1.29 is 9.90 Å². The van der Waals surface area contributed by atoms with Crippen LogP contribution in [-0.2, 0) is 13.0 Å². The van der Waals surface area contributed by atoms with E-state index in [4.69, 9.17) is 16.7 Å². The van der Waals surface area contributed by atoms with E-state index in [1.807, 2.05) is 30.3 Å². The number of aromatic carboxylic acids is 1. The molecule has 0 spiro atoms. The Balaban J connectivity index is 1.59. The zero-order chi connectivity index (χ0) is 15.6. The number of nitrogens with one attached hydrogen (secondary N) is 1. The Kier molecular flexibility index (Phi) is 4.19. The van der Waals surface area contributed by atoms with Crippen LogP contribution in [-0.4, -0.2) is 16.6 Å². The molecule has 3 rings (SSSR count). The Morgan fingerprint density at radius 2 is 1.86 bits per heavy atom. The van der Waals surface area contributed by atoms with Crippen molar-refractivity contribution in [1.29, 1.82) is 0 Å². The molecule has 0 amide bonds.